The Hall–Kier alpha value is -3.13. The van der Waals surface area contributed by atoms with Gasteiger partial charge in [0.15, 0.2) is 0 Å². The quantitative estimate of drug-likeness (QED) is 0.524. The number of hydrogen-bond acceptors (Lipinski definition) is 6. The summed E-state index contributed by atoms with van der Waals surface area (Å²) in [4.78, 5) is 30.3. The van der Waals surface area contributed by atoms with Crippen LogP contribution in [0.1, 0.15) is 24.4 Å². The van der Waals surface area contributed by atoms with Crippen LogP contribution in [0.2, 0.25) is 0 Å². The second-order valence-corrected chi connectivity index (χ2v) is 8.03. The van der Waals surface area contributed by atoms with E-state index in [2.05, 4.69) is 11.0 Å². The van der Waals surface area contributed by atoms with Gasteiger partial charge in [-0.1, -0.05) is 24.3 Å². The summed E-state index contributed by atoms with van der Waals surface area (Å²) in [6, 6.07) is 14.9. The van der Waals surface area contributed by atoms with Gasteiger partial charge in [0.25, 0.3) is 5.69 Å². The number of nitro benzene ring substituents is 1. The van der Waals surface area contributed by atoms with E-state index in [1.807, 2.05) is 34.1 Å². The number of carbonyl (C=O) groups excluding carboxylic acids is 1. The summed E-state index contributed by atoms with van der Waals surface area (Å²) in [6.07, 6.45) is 1.96. The largest absolute Gasteiger partial charge is 0.497 e. The van der Waals surface area contributed by atoms with Crippen molar-refractivity contribution in [2.45, 2.75) is 18.9 Å². The second-order valence-electron chi connectivity index (χ2n) is 8.03. The second kappa shape index (κ2) is 9.34. The first-order chi connectivity index (χ1) is 15.1. The highest BCUT2D eigenvalue weighted by Gasteiger charge is 2.32. The molecule has 31 heavy (non-hydrogen) atoms. The van der Waals surface area contributed by atoms with Gasteiger partial charge in [-0.3, -0.25) is 19.8 Å². The Kier molecular flexibility index (Phi) is 6.36. The van der Waals surface area contributed by atoms with E-state index in [1.54, 1.807) is 19.2 Å². The zero-order valence-corrected chi connectivity index (χ0v) is 17.8. The number of benzene rings is 2. The van der Waals surface area contributed by atoms with Crippen LogP contribution < -0.4 is 9.64 Å². The Morgan fingerprint density at radius 2 is 1.87 bits per heavy atom. The van der Waals surface area contributed by atoms with Crippen LogP contribution in [-0.4, -0.2) is 67.0 Å². The van der Waals surface area contributed by atoms with Gasteiger partial charge >= 0.3 is 0 Å². The zero-order valence-electron chi connectivity index (χ0n) is 17.8. The van der Waals surface area contributed by atoms with Gasteiger partial charge in [0, 0.05) is 38.8 Å². The first-order valence-corrected chi connectivity index (χ1v) is 10.7. The third kappa shape index (κ3) is 4.64. The summed E-state index contributed by atoms with van der Waals surface area (Å²) in [6.45, 7) is 3.89. The number of carbonyl (C=O) groups is 1. The van der Waals surface area contributed by atoms with Crippen LogP contribution in [0, 0.1) is 10.1 Å². The van der Waals surface area contributed by atoms with Crippen molar-refractivity contribution in [3.63, 3.8) is 0 Å². The summed E-state index contributed by atoms with van der Waals surface area (Å²) in [7, 11) is 1.65. The highest BCUT2D eigenvalue weighted by Crippen LogP contribution is 2.34. The first kappa shape index (κ1) is 21.1. The molecular formula is C23H28N4O4. The maximum Gasteiger partial charge on any atom is 0.292 e. The van der Waals surface area contributed by atoms with Gasteiger partial charge in [-0.15, -0.1) is 0 Å². The molecule has 0 spiro atoms. The molecule has 0 radical (unpaired) electrons. The molecule has 2 aliphatic rings. The summed E-state index contributed by atoms with van der Waals surface area (Å²) < 4.78 is 5.34. The fourth-order valence-corrected chi connectivity index (χ4v) is 4.58. The fraction of sp³-hybridized carbons (Fsp3) is 0.435. The molecule has 8 heteroatoms. The molecule has 2 aromatic carbocycles. The predicted octanol–water partition coefficient (Wildman–Crippen LogP) is 3.09. The van der Waals surface area contributed by atoms with Gasteiger partial charge in [-0.2, -0.15) is 0 Å². The number of nitrogens with zero attached hydrogens (tertiary/aromatic N) is 4. The summed E-state index contributed by atoms with van der Waals surface area (Å²) in [5, 5.41) is 11.3. The van der Waals surface area contributed by atoms with Crippen LogP contribution in [0.5, 0.6) is 5.75 Å². The van der Waals surface area contributed by atoms with Crippen LogP contribution >= 0.6 is 0 Å². The molecule has 2 heterocycles. The number of methoxy groups -OCH3 is 1. The third-order valence-corrected chi connectivity index (χ3v) is 6.20. The molecular weight excluding hydrogens is 396 g/mol. The number of amides is 1. The minimum absolute atomic E-state index is 0.0934. The number of likely N-dealkylation sites (tertiary alicyclic amines) is 1. The van der Waals surface area contributed by atoms with Crippen LogP contribution in [0.15, 0.2) is 48.5 Å². The van der Waals surface area contributed by atoms with E-state index in [-0.39, 0.29) is 22.6 Å². The molecule has 2 fully saturated rings. The van der Waals surface area contributed by atoms with Crippen LogP contribution in [0.25, 0.3) is 0 Å². The lowest BCUT2D eigenvalue weighted by Gasteiger charge is -2.36. The smallest absolute Gasteiger partial charge is 0.292 e. The van der Waals surface area contributed by atoms with Crippen molar-refractivity contribution in [1.82, 2.24) is 9.80 Å². The first-order valence-electron chi connectivity index (χ1n) is 10.7. The van der Waals surface area contributed by atoms with E-state index in [1.165, 1.54) is 6.07 Å². The normalized spacial score (nSPS) is 19.5. The van der Waals surface area contributed by atoms with E-state index in [9.17, 15) is 14.9 Å². The Labute approximate surface area is 182 Å². The van der Waals surface area contributed by atoms with Crippen molar-refractivity contribution in [3.8, 4) is 5.75 Å². The molecule has 2 aromatic rings. The average molecular weight is 425 g/mol. The molecule has 1 atom stereocenters. The van der Waals surface area contributed by atoms with Crippen molar-refractivity contribution in [2.24, 2.45) is 0 Å². The van der Waals surface area contributed by atoms with E-state index >= 15 is 0 Å². The van der Waals surface area contributed by atoms with Gasteiger partial charge in [0.05, 0.1) is 24.6 Å². The van der Waals surface area contributed by atoms with Gasteiger partial charge in [-0.05, 0) is 36.6 Å². The number of hydrogen-bond donors (Lipinski definition) is 0. The molecule has 4 rings (SSSR count). The molecule has 8 nitrogen and oxygen atoms in total. The number of rotatable bonds is 6. The summed E-state index contributed by atoms with van der Waals surface area (Å²) in [5.74, 6) is 0.951. The summed E-state index contributed by atoms with van der Waals surface area (Å²) in [5.41, 5.74) is 1.90. The van der Waals surface area contributed by atoms with Gasteiger partial charge in [0.1, 0.15) is 11.4 Å². The van der Waals surface area contributed by atoms with Gasteiger partial charge < -0.3 is 14.5 Å². The molecule has 0 aromatic heterocycles. The zero-order chi connectivity index (χ0) is 21.8. The lowest BCUT2D eigenvalue weighted by atomic mass is 10.0. The third-order valence-electron chi connectivity index (χ3n) is 6.20. The highest BCUT2D eigenvalue weighted by molar-refractivity contribution is 5.79. The number of anilines is 1. The highest BCUT2D eigenvalue weighted by atomic mass is 16.6. The monoisotopic (exact) mass is 424 g/mol. The number of ether oxygens (including phenoxy) is 1. The topological polar surface area (TPSA) is 79.2 Å². The number of nitro groups is 1. The Morgan fingerprint density at radius 1 is 1.10 bits per heavy atom. The molecule has 1 unspecified atom stereocenters. The predicted molar refractivity (Wildman–Crippen MR) is 118 cm³/mol. The van der Waals surface area contributed by atoms with Crippen LogP contribution in [0.3, 0.4) is 0 Å². The van der Waals surface area contributed by atoms with Gasteiger partial charge in [-0.25, -0.2) is 0 Å². The standard InChI is InChI=1S/C23H28N4O4/c1-31-19-7-4-6-18(16-19)20-10-5-11-26(20)23(28)17-24-12-14-25(15-13-24)21-8-2-3-9-22(21)27(29)30/h2-4,6-9,16,20H,5,10-15,17H2,1H3. The van der Waals surface area contributed by atoms with Crippen molar-refractivity contribution in [1.29, 1.82) is 0 Å². The maximum absolute atomic E-state index is 13.1. The molecule has 2 saturated heterocycles. The maximum atomic E-state index is 13.1. The minimum Gasteiger partial charge on any atom is -0.497 e. The Bertz CT molecular complexity index is 943. The molecule has 0 saturated carbocycles. The fourth-order valence-electron chi connectivity index (χ4n) is 4.58. The molecule has 164 valence electrons. The Balaban J connectivity index is 1.36. The van der Waals surface area contributed by atoms with E-state index in [0.29, 0.717) is 38.4 Å². The molecule has 1 amide bonds. The Morgan fingerprint density at radius 3 is 2.61 bits per heavy atom. The van der Waals surface area contributed by atoms with Crippen molar-refractivity contribution in [2.75, 3.05) is 51.3 Å². The average Bonchev–Trinajstić information content (AvgIpc) is 3.30. The van der Waals surface area contributed by atoms with Crippen molar-refractivity contribution < 1.29 is 14.5 Å². The van der Waals surface area contributed by atoms with Crippen LogP contribution in [-0.2, 0) is 4.79 Å². The SMILES string of the molecule is COc1cccc(C2CCCN2C(=O)CN2CCN(c3ccccc3[N+](=O)[O-])CC2)c1. The lowest BCUT2D eigenvalue weighted by Crippen LogP contribution is -2.50. The van der Waals surface area contributed by atoms with E-state index in [0.717, 1.165) is 30.7 Å². The van der Waals surface area contributed by atoms with Gasteiger partial charge in [0.2, 0.25) is 5.91 Å². The summed E-state index contributed by atoms with van der Waals surface area (Å²) >= 11 is 0. The minimum atomic E-state index is -0.336. The molecule has 2 aliphatic heterocycles. The van der Waals surface area contributed by atoms with Crippen molar-refractivity contribution in [3.05, 3.63) is 64.2 Å². The number of piperazine rings is 1. The molecule has 0 bridgehead atoms. The van der Waals surface area contributed by atoms with E-state index < -0.39 is 0 Å². The number of para-hydroxylation sites is 2. The van der Waals surface area contributed by atoms with E-state index in [4.69, 9.17) is 4.74 Å². The molecule has 0 aliphatic carbocycles. The van der Waals surface area contributed by atoms with Crippen molar-refractivity contribution >= 4 is 17.3 Å². The molecule has 0 N–H and O–H groups in total. The lowest BCUT2D eigenvalue weighted by molar-refractivity contribution is -0.384. The van der Waals surface area contributed by atoms with Crippen LogP contribution in [0.4, 0.5) is 11.4 Å².